The predicted octanol–water partition coefficient (Wildman–Crippen LogP) is 4.68. The van der Waals surface area contributed by atoms with Gasteiger partial charge in [-0.3, -0.25) is 4.79 Å². The Kier molecular flexibility index (Phi) is 6.05. The summed E-state index contributed by atoms with van der Waals surface area (Å²) in [6, 6.07) is 14.6. The van der Waals surface area contributed by atoms with E-state index < -0.39 is 5.60 Å². The van der Waals surface area contributed by atoms with Crippen LogP contribution in [0.15, 0.2) is 48.5 Å². The highest BCUT2D eigenvalue weighted by atomic mass is 35.5. The lowest BCUT2D eigenvalue weighted by Crippen LogP contribution is -2.41. The minimum atomic E-state index is -0.570. The lowest BCUT2D eigenvalue weighted by Gasteiger charge is -2.32. The summed E-state index contributed by atoms with van der Waals surface area (Å²) in [5.74, 6) is -0.236. The highest BCUT2D eigenvalue weighted by molar-refractivity contribution is 6.35. The topological polar surface area (TPSA) is 38.3 Å². The van der Waals surface area contributed by atoms with Gasteiger partial charge < -0.3 is 10.1 Å². The van der Waals surface area contributed by atoms with E-state index in [1.54, 1.807) is 25.3 Å². The summed E-state index contributed by atoms with van der Waals surface area (Å²) in [5, 5.41) is 3.77. The number of amides is 1. The maximum atomic E-state index is 12.4. The number of halogens is 2. The molecule has 23 heavy (non-hydrogen) atoms. The molecule has 2 aromatic carbocycles. The maximum Gasteiger partial charge on any atom is 0.251 e. The first-order valence-corrected chi connectivity index (χ1v) is 8.11. The molecular weight excluding hydrogens is 333 g/mol. The second-order valence-electron chi connectivity index (χ2n) is 5.26. The van der Waals surface area contributed by atoms with Crippen molar-refractivity contribution < 1.29 is 9.53 Å². The first-order chi connectivity index (χ1) is 11.0. The van der Waals surface area contributed by atoms with Crippen molar-refractivity contribution in [1.82, 2.24) is 5.32 Å². The monoisotopic (exact) mass is 351 g/mol. The van der Waals surface area contributed by atoms with Crippen LogP contribution in [0.1, 0.15) is 29.3 Å². The SMILES string of the molecule is CCC(CNC(=O)c1cc(Cl)cc(Cl)c1)(OC)c1ccccc1. The number of rotatable bonds is 6. The third kappa shape index (κ3) is 4.25. The molecule has 0 saturated carbocycles. The minimum Gasteiger partial charge on any atom is -0.372 e. The van der Waals surface area contributed by atoms with E-state index in [0.717, 1.165) is 12.0 Å². The summed E-state index contributed by atoms with van der Waals surface area (Å²) >= 11 is 11.9. The van der Waals surface area contributed by atoms with Crippen molar-refractivity contribution in [3.05, 3.63) is 69.7 Å². The Hall–Kier alpha value is -1.55. The van der Waals surface area contributed by atoms with Crippen LogP contribution in [0.5, 0.6) is 0 Å². The molecule has 122 valence electrons. The van der Waals surface area contributed by atoms with E-state index in [4.69, 9.17) is 27.9 Å². The van der Waals surface area contributed by atoms with Gasteiger partial charge in [-0.2, -0.15) is 0 Å². The zero-order valence-corrected chi connectivity index (χ0v) is 14.6. The van der Waals surface area contributed by atoms with Crippen LogP contribution >= 0.6 is 23.2 Å². The summed E-state index contributed by atoms with van der Waals surface area (Å²) in [5.41, 5.74) is 0.880. The van der Waals surface area contributed by atoms with Crippen molar-refractivity contribution in [3.8, 4) is 0 Å². The molecule has 5 heteroatoms. The van der Waals surface area contributed by atoms with Gasteiger partial charge in [0.15, 0.2) is 0 Å². The van der Waals surface area contributed by atoms with E-state index in [1.807, 2.05) is 37.3 Å². The Morgan fingerprint density at radius 1 is 1.13 bits per heavy atom. The molecule has 0 heterocycles. The van der Waals surface area contributed by atoms with Gasteiger partial charge in [-0.15, -0.1) is 0 Å². The molecule has 3 nitrogen and oxygen atoms in total. The molecule has 0 aliphatic carbocycles. The van der Waals surface area contributed by atoms with Crippen molar-refractivity contribution in [1.29, 1.82) is 0 Å². The zero-order valence-electron chi connectivity index (χ0n) is 13.1. The van der Waals surface area contributed by atoms with Crippen LogP contribution < -0.4 is 5.32 Å². The molecule has 1 N–H and O–H groups in total. The summed E-state index contributed by atoms with van der Waals surface area (Å²) in [6.45, 7) is 2.38. The standard InChI is InChI=1S/C18H19Cl2NO2/c1-3-18(23-2,14-7-5-4-6-8-14)12-21-17(22)13-9-15(19)11-16(20)10-13/h4-11H,3,12H2,1-2H3,(H,21,22). The van der Waals surface area contributed by atoms with Crippen molar-refractivity contribution >= 4 is 29.1 Å². The van der Waals surface area contributed by atoms with Crippen molar-refractivity contribution in [2.75, 3.05) is 13.7 Å². The molecule has 0 bridgehead atoms. The molecule has 0 spiro atoms. The second kappa shape index (κ2) is 7.82. The van der Waals surface area contributed by atoms with Gasteiger partial charge in [0.1, 0.15) is 5.60 Å². The Balaban J connectivity index is 2.17. The lowest BCUT2D eigenvalue weighted by molar-refractivity contribution is -0.0164. The molecule has 0 radical (unpaired) electrons. The van der Waals surface area contributed by atoms with Crippen LogP contribution in [0, 0.1) is 0 Å². The molecule has 0 aliphatic rings. The van der Waals surface area contributed by atoms with Crippen LogP contribution in [-0.4, -0.2) is 19.6 Å². The van der Waals surface area contributed by atoms with Crippen LogP contribution in [0.25, 0.3) is 0 Å². The van der Waals surface area contributed by atoms with Gasteiger partial charge in [0, 0.05) is 22.7 Å². The third-order valence-electron chi connectivity index (χ3n) is 3.92. The maximum absolute atomic E-state index is 12.4. The van der Waals surface area contributed by atoms with Crippen LogP contribution in [0.3, 0.4) is 0 Å². The number of ether oxygens (including phenoxy) is 1. The number of hydrogen-bond donors (Lipinski definition) is 1. The number of benzene rings is 2. The number of carbonyl (C=O) groups excluding carboxylic acids is 1. The van der Waals surface area contributed by atoms with Gasteiger partial charge >= 0.3 is 0 Å². The normalized spacial score (nSPS) is 13.4. The fourth-order valence-corrected chi connectivity index (χ4v) is 3.04. The van der Waals surface area contributed by atoms with E-state index in [1.165, 1.54) is 0 Å². The quantitative estimate of drug-likeness (QED) is 0.820. The molecule has 1 atom stereocenters. The zero-order chi connectivity index (χ0) is 16.9. The van der Waals surface area contributed by atoms with Gasteiger partial charge in [-0.25, -0.2) is 0 Å². The number of methoxy groups -OCH3 is 1. The van der Waals surface area contributed by atoms with Gasteiger partial charge in [-0.1, -0.05) is 60.5 Å². The van der Waals surface area contributed by atoms with Crippen LogP contribution in [0.4, 0.5) is 0 Å². The average molecular weight is 352 g/mol. The number of nitrogens with one attached hydrogen (secondary N) is 1. The molecule has 0 aliphatic heterocycles. The number of carbonyl (C=O) groups is 1. The second-order valence-corrected chi connectivity index (χ2v) is 6.13. The third-order valence-corrected chi connectivity index (χ3v) is 4.36. The Bertz CT molecular complexity index is 650. The van der Waals surface area contributed by atoms with Crippen LogP contribution in [-0.2, 0) is 10.3 Å². The first-order valence-electron chi connectivity index (χ1n) is 7.35. The summed E-state index contributed by atoms with van der Waals surface area (Å²) < 4.78 is 5.74. The smallest absolute Gasteiger partial charge is 0.251 e. The summed E-state index contributed by atoms with van der Waals surface area (Å²) in [4.78, 5) is 12.4. The Labute approximate surface area is 146 Å². The molecule has 1 unspecified atom stereocenters. The predicted molar refractivity (Wildman–Crippen MR) is 94.2 cm³/mol. The van der Waals surface area contributed by atoms with Gasteiger partial charge in [0.25, 0.3) is 5.91 Å². The Morgan fingerprint density at radius 3 is 2.26 bits per heavy atom. The average Bonchev–Trinajstić information content (AvgIpc) is 2.56. The minimum absolute atomic E-state index is 0.236. The van der Waals surface area contributed by atoms with Crippen molar-refractivity contribution in [3.63, 3.8) is 0 Å². The number of hydrogen-bond acceptors (Lipinski definition) is 2. The molecule has 2 rings (SSSR count). The van der Waals surface area contributed by atoms with Gasteiger partial charge in [0.2, 0.25) is 0 Å². The molecule has 2 aromatic rings. The van der Waals surface area contributed by atoms with Gasteiger partial charge in [-0.05, 0) is 30.2 Å². The summed E-state index contributed by atoms with van der Waals surface area (Å²) in [6.07, 6.45) is 0.726. The molecule has 1 amide bonds. The van der Waals surface area contributed by atoms with Crippen LogP contribution in [0.2, 0.25) is 10.0 Å². The molecular formula is C18H19Cl2NO2. The highest BCUT2D eigenvalue weighted by Gasteiger charge is 2.30. The van der Waals surface area contributed by atoms with E-state index in [9.17, 15) is 4.79 Å². The fraction of sp³-hybridized carbons (Fsp3) is 0.278. The molecule has 0 saturated heterocycles. The van der Waals surface area contributed by atoms with Crippen molar-refractivity contribution in [2.24, 2.45) is 0 Å². The fourth-order valence-electron chi connectivity index (χ4n) is 2.52. The summed E-state index contributed by atoms with van der Waals surface area (Å²) in [7, 11) is 1.65. The van der Waals surface area contributed by atoms with E-state index in [0.29, 0.717) is 22.2 Å². The van der Waals surface area contributed by atoms with Gasteiger partial charge in [0.05, 0.1) is 6.54 Å². The van der Waals surface area contributed by atoms with E-state index in [-0.39, 0.29) is 5.91 Å². The van der Waals surface area contributed by atoms with E-state index in [2.05, 4.69) is 5.32 Å². The van der Waals surface area contributed by atoms with E-state index >= 15 is 0 Å². The molecule has 0 aromatic heterocycles. The lowest BCUT2D eigenvalue weighted by atomic mass is 9.90. The van der Waals surface area contributed by atoms with Crippen molar-refractivity contribution in [2.45, 2.75) is 18.9 Å². The Morgan fingerprint density at radius 2 is 1.74 bits per heavy atom. The first kappa shape index (κ1) is 17.8. The largest absolute Gasteiger partial charge is 0.372 e. The molecule has 0 fully saturated rings. The highest BCUT2D eigenvalue weighted by Crippen LogP contribution is 2.28.